The van der Waals surface area contributed by atoms with Crippen LogP contribution in [0.1, 0.15) is 28.4 Å². The van der Waals surface area contributed by atoms with E-state index in [1.807, 2.05) is 19.1 Å². The van der Waals surface area contributed by atoms with E-state index in [-0.39, 0.29) is 11.7 Å². The first-order valence-electron chi connectivity index (χ1n) is 7.38. The zero-order chi connectivity index (χ0) is 15.0. The van der Waals surface area contributed by atoms with Gasteiger partial charge in [0.25, 0.3) is 0 Å². The van der Waals surface area contributed by atoms with Crippen LogP contribution in [0.4, 0.5) is 4.39 Å². The number of rotatable bonds is 1. The summed E-state index contributed by atoms with van der Waals surface area (Å²) in [6.45, 7) is 7.96. The molecule has 0 spiro atoms. The van der Waals surface area contributed by atoms with Crippen LogP contribution in [0.25, 0.3) is 0 Å². The van der Waals surface area contributed by atoms with Gasteiger partial charge in [0, 0.05) is 32.2 Å². The van der Waals surface area contributed by atoms with Crippen LogP contribution in [0, 0.1) is 31.0 Å². The van der Waals surface area contributed by atoms with E-state index < -0.39 is 5.82 Å². The average molecular weight is 289 g/mol. The predicted molar refractivity (Wildman–Crippen MR) is 77.5 cm³/mol. The molecule has 0 bridgehead atoms. The van der Waals surface area contributed by atoms with Crippen LogP contribution in [0.3, 0.4) is 0 Å². The van der Waals surface area contributed by atoms with E-state index in [0.717, 1.165) is 31.7 Å². The van der Waals surface area contributed by atoms with Crippen molar-refractivity contribution in [2.75, 3.05) is 32.8 Å². The standard InChI is InChI=1S/C16H20FN3O/c1-10-5-13(11(2)14(6-18)16(10)17)15-8-20-4-3-19-7-12(20)9-21-15/h5,12,15,19H,3-4,7-9H2,1-2H3/t12-,15-/m1/s1. The normalized spacial score (nSPS) is 26.2. The molecule has 1 N–H and O–H groups in total. The van der Waals surface area contributed by atoms with Gasteiger partial charge in [-0.2, -0.15) is 5.26 Å². The molecule has 2 fully saturated rings. The maximum Gasteiger partial charge on any atom is 0.144 e. The Bertz CT molecular complexity index is 596. The highest BCUT2D eigenvalue weighted by atomic mass is 19.1. The van der Waals surface area contributed by atoms with Crippen molar-refractivity contribution in [2.45, 2.75) is 26.0 Å². The zero-order valence-corrected chi connectivity index (χ0v) is 12.4. The fraction of sp³-hybridized carbons (Fsp3) is 0.562. The molecule has 0 aliphatic carbocycles. The van der Waals surface area contributed by atoms with Gasteiger partial charge in [-0.25, -0.2) is 4.39 Å². The molecule has 2 heterocycles. The van der Waals surface area contributed by atoms with E-state index in [1.54, 1.807) is 6.92 Å². The van der Waals surface area contributed by atoms with Crippen molar-refractivity contribution in [3.05, 3.63) is 34.1 Å². The molecule has 0 amide bonds. The number of nitrogens with zero attached hydrogens (tertiary/aromatic N) is 2. The Balaban J connectivity index is 1.91. The molecule has 0 aromatic heterocycles. The van der Waals surface area contributed by atoms with Gasteiger partial charge in [-0.05, 0) is 30.5 Å². The van der Waals surface area contributed by atoms with Crippen molar-refractivity contribution in [3.63, 3.8) is 0 Å². The lowest BCUT2D eigenvalue weighted by Gasteiger charge is -2.43. The second-order valence-corrected chi connectivity index (χ2v) is 5.88. The Kier molecular flexibility index (Phi) is 3.94. The second-order valence-electron chi connectivity index (χ2n) is 5.88. The molecule has 2 saturated heterocycles. The first kappa shape index (κ1) is 14.5. The van der Waals surface area contributed by atoms with Crippen molar-refractivity contribution in [3.8, 4) is 6.07 Å². The number of morpholine rings is 1. The van der Waals surface area contributed by atoms with Gasteiger partial charge in [-0.15, -0.1) is 0 Å². The van der Waals surface area contributed by atoms with Crippen molar-refractivity contribution in [2.24, 2.45) is 0 Å². The minimum absolute atomic E-state index is 0.0780. The van der Waals surface area contributed by atoms with Crippen LogP contribution >= 0.6 is 0 Å². The summed E-state index contributed by atoms with van der Waals surface area (Å²) in [6, 6.07) is 4.24. The lowest BCUT2D eigenvalue weighted by atomic mass is 9.94. The number of ether oxygens (including phenoxy) is 1. The van der Waals surface area contributed by atoms with Crippen LogP contribution in [0.5, 0.6) is 0 Å². The lowest BCUT2D eigenvalue weighted by molar-refractivity contribution is -0.0720. The molecule has 21 heavy (non-hydrogen) atoms. The highest BCUT2D eigenvalue weighted by Gasteiger charge is 2.32. The molecule has 2 aliphatic heterocycles. The first-order chi connectivity index (χ1) is 10.1. The van der Waals surface area contributed by atoms with Crippen molar-refractivity contribution in [1.29, 1.82) is 5.26 Å². The van der Waals surface area contributed by atoms with E-state index in [9.17, 15) is 9.65 Å². The molecule has 4 nitrogen and oxygen atoms in total. The summed E-state index contributed by atoms with van der Waals surface area (Å²) < 4.78 is 20.0. The Morgan fingerprint density at radius 3 is 3.05 bits per heavy atom. The van der Waals surface area contributed by atoms with Gasteiger partial charge in [0.15, 0.2) is 0 Å². The Hall–Kier alpha value is -1.48. The van der Waals surface area contributed by atoms with E-state index in [1.165, 1.54) is 0 Å². The minimum atomic E-state index is -0.408. The van der Waals surface area contributed by atoms with Crippen molar-refractivity contribution >= 4 is 0 Å². The van der Waals surface area contributed by atoms with Crippen LogP contribution in [-0.4, -0.2) is 43.7 Å². The van der Waals surface area contributed by atoms with Crippen LogP contribution in [0.2, 0.25) is 0 Å². The maximum absolute atomic E-state index is 14.0. The number of fused-ring (bicyclic) bond motifs is 1. The Morgan fingerprint density at radius 2 is 2.29 bits per heavy atom. The SMILES string of the molecule is Cc1cc([C@H]2CN3CCNC[C@@H]3CO2)c(C)c(C#N)c1F. The van der Waals surface area contributed by atoms with E-state index in [2.05, 4.69) is 10.2 Å². The van der Waals surface area contributed by atoms with Gasteiger partial charge < -0.3 is 10.1 Å². The number of piperazine rings is 1. The molecule has 3 rings (SSSR count). The fourth-order valence-electron chi connectivity index (χ4n) is 3.27. The third kappa shape index (κ3) is 2.55. The molecule has 0 unspecified atom stereocenters. The minimum Gasteiger partial charge on any atom is -0.370 e. The van der Waals surface area contributed by atoms with Gasteiger partial charge in [-0.3, -0.25) is 4.90 Å². The third-order valence-corrected chi connectivity index (χ3v) is 4.57. The smallest absolute Gasteiger partial charge is 0.144 e. The summed E-state index contributed by atoms with van der Waals surface area (Å²) in [7, 11) is 0. The van der Waals surface area contributed by atoms with Gasteiger partial charge in [-0.1, -0.05) is 6.07 Å². The van der Waals surface area contributed by atoms with E-state index in [0.29, 0.717) is 23.8 Å². The average Bonchev–Trinajstić information content (AvgIpc) is 2.51. The summed E-state index contributed by atoms with van der Waals surface area (Å²) in [5.41, 5.74) is 2.32. The molecule has 1 aromatic carbocycles. The largest absolute Gasteiger partial charge is 0.370 e. The summed E-state index contributed by atoms with van der Waals surface area (Å²) in [5, 5.41) is 12.6. The number of aryl methyl sites for hydroxylation is 1. The molecule has 0 radical (unpaired) electrons. The van der Waals surface area contributed by atoms with Gasteiger partial charge in [0.2, 0.25) is 0 Å². The molecular weight excluding hydrogens is 269 g/mol. The molecule has 0 saturated carbocycles. The predicted octanol–water partition coefficient (Wildman–Crippen LogP) is 1.66. The number of nitriles is 1. The number of benzene rings is 1. The molecule has 2 atom stereocenters. The van der Waals surface area contributed by atoms with E-state index in [4.69, 9.17) is 4.74 Å². The molecule has 5 heteroatoms. The lowest BCUT2D eigenvalue weighted by Crippen LogP contribution is -2.57. The Labute approximate surface area is 124 Å². The number of hydrogen-bond acceptors (Lipinski definition) is 4. The highest BCUT2D eigenvalue weighted by molar-refractivity contribution is 5.47. The topological polar surface area (TPSA) is 48.3 Å². The second kappa shape index (κ2) is 5.72. The van der Waals surface area contributed by atoms with E-state index >= 15 is 0 Å². The Morgan fingerprint density at radius 1 is 1.48 bits per heavy atom. The summed E-state index contributed by atoms with van der Waals surface area (Å²) >= 11 is 0. The highest BCUT2D eigenvalue weighted by Crippen LogP contribution is 2.31. The summed E-state index contributed by atoms with van der Waals surface area (Å²) in [6.07, 6.45) is -0.0780. The maximum atomic E-state index is 14.0. The molecular formula is C16H20FN3O. The van der Waals surface area contributed by atoms with Crippen molar-refractivity contribution in [1.82, 2.24) is 10.2 Å². The fourth-order valence-corrected chi connectivity index (χ4v) is 3.27. The number of hydrogen-bond donors (Lipinski definition) is 1. The van der Waals surface area contributed by atoms with Gasteiger partial charge in [0.1, 0.15) is 11.9 Å². The van der Waals surface area contributed by atoms with Crippen LogP contribution in [-0.2, 0) is 4.74 Å². The molecule has 112 valence electrons. The van der Waals surface area contributed by atoms with Gasteiger partial charge >= 0.3 is 0 Å². The van der Waals surface area contributed by atoms with Crippen LogP contribution in [0.15, 0.2) is 6.07 Å². The van der Waals surface area contributed by atoms with Crippen molar-refractivity contribution < 1.29 is 9.13 Å². The summed E-state index contributed by atoms with van der Waals surface area (Å²) in [4.78, 5) is 2.43. The molecule has 2 aliphatic rings. The third-order valence-electron chi connectivity index (χ3n) is 4.57. The van der Waals surface area contributed by atoms with Gasteiger partial charge in [0.05, 0.1) is 18.3 Å². The monoisotopic (exact) mass is 289 g/mol. The zero-order valence-electron chi connectivity index (χ0n) is 12.4. The summed E-state index contributed by atoms with van der Waals surface area (Å²) in [5.74, 6) is -0.408. The molecule has 1 aromatic rings. The first-order valence-corrected chi connectivity index (χ1v) is 7.38. The number of nitrogens with one attached hydrogen (secondary N) is 1. The van der Waals surface area contributed by atoms with Crippen LogP contribution < -0.4 is 5.32 Å². The quantitative estimate of drug-likeness (QED) is 0.854. The number of halogens is 1.